The van der Waals surface area contributed by atoms with Gasteiger partial charge in [0.15, 0.2) is 0 Å². The average molecular weight is 429 g/mol. The van der Waals surface area contributed by atoms with Crippen LogP contribution in [0.1, 0.15) is 34.5 Å². The van der Waals surface area contributed by atoms with Crippen LogP contribution < -0.4 is 10.0 Å². The topological polar surface area (TPSA) is 75.3 Å². The van der Waals surface area contributed by atoms with Gasteiger partial charge < -0.3 is 5.32 Å². The van der Waals surface area contributed by atoms with Crippen LogP contribution >= 0.6 is 11.6 Å². The molecule has 0 bridgehead atoms. The number of hydrogen-bond acceptors (Lipinski definition) is 3. The molecule has 0 aliphatic rings. The van der Waals surface area contributed by atoms with Crippen LogP contribution in [-0.2, 0) is 10.0 Å². The number of hydrogen-bond donors (Lipinski definition) is 2. The van der Waals surface area contributed by atoms with Crippen molar-refractivity contribution in [1.29, 1.82) is 0 Å². The molecule has 0 aromatic heterocycles. The maximum Gasteiger partial charge on any atom is 0.261 e. The summed E-state index contributed by atoms with van der Waals surface area (Å²) >= 11 is 6.19. The molecule has 150 valence electrons. The third kappa shape index (κ3) is 5.16. The Morgan fingerprint density at radius 2 is 1.62 bits per heavy atom. The van der Waals surface area contributed by atoms with Gasteiger partial charge >= 0.3 is 0 Å². The van der Waals surface area contributed by atoms with Gasteiger partial charge in [-0.05, 0) is 49.7 Å². The molecule has 0 saturated heterocycles. The smallest absolute Gasteiger partial charge is 0.261 e. The van der Waals surface area contributed by atoms with E-state index in [1.807, 2.05) is 44.2 Å². The van der Waals surface area contributed by atoms with E-state index >= 15 is 0 Å². The number of aryl methyl sites for hydroxylation is 1. The first-order chi connectivity index (χ1) is 13.8. The molecule has 0 saturated carbocycles. The highest BCUT2D eigenvalue weighted by atomic mass is 35.5. The Balaban J connectivity index is 1.80. The van der Waals surface area contributed by atoms with Gasteiger partial charge in [0.2, 0.25) is 0 Å². The Labute approximate surface area is 175 Å². The number of benzene rings is 3. The minimum absolute atomic E-state index is 0.141. The van der Waals surface area contributed by atoms with Crippen LogP contribution in [0.5, 0.6) is 0 Å². The number of anilines is 1. The van der Waals surface area contributed by atoms with Crippen LogP contribution in [0.4, 0.5) is 5.69 Å². The summed E-state index contributed by atoms with van der Waals surface area (Å²) in [4.78, 5) is 12.8. The van der Waals surface area contributed by atoms with Crippen molar-refractivity contribution in [2.24, 2.45) is 0 Å². The SMILES string of the molecule is Cc1ccc(S(=O)(=O)Nc2ccc(Cl)c(C(=O)NC(C)c3ccccc3)c2)cc1. The third-order valence-electron chi connectivity index (χ3n) is 4.44. The number of amides is 1. The molecule has 3 aromatic carbocycles. The van der Waals surface area contributed by atoms with E-state index in [9.17, 15) is 13.2 Å². The second-order valence-electron chi connectivity index (χ2n) is 6.72. The molecule has 1 atom stereocenters. The predicted molar refractivity (Wildman–Crippen MR) is 116 cm³/mol. The van der Waals surface area contributed by atoms with Gasteiger partial charge in [-0.1, -0.05) is 59.6 Å². The molecule has 7 heteroatoms. The lowest BCUT2D eigenvalue weighted by Crippen LogP contribution is -2.27. The first-order valence-corrected chi connectivity index (χ1v) is 10.9. The van der Waals surface area contributed by atoms with E-state index in [-0.39, 0.29) is 33.1 Å². The third-order valence-corrected chi connectivity index (χ3v) is 6.17. The van der Waals surface area contributed by atoms with Gasteiger partial charge in [-0.15, -0.1) is 0 Å². The van der Waals surface area contributed by atoms with Gasteiger partial charge in [0, 0.05) is 5.69 Å². The lowest BCUT2D eigenvalue weighted by Gasteiger charge is -2.16. The normalized spacial score (nSPS) is 12.2. The molecular weight excluding hydrogens is 408 g/mol. The summed E-state index contributed by atoms with van der Waals surface area (Å²) in [5.41, 5.74) is 2.36. The Kier molecular flexibility index (Phi) is 6.25. The zero-order valence-electron chi connectivity index (χ0n) is 16.0. The van der Waals surface area contributed by atoms with Crippen molar-refractivity contribution in [3.63, 3.8) is 0 Å². The standard InChI is InChI=1S/C22H21ClN2O3S/c1-15-8-11-19(12-9-15)29(27,28)25-18-10-13-21(23)20(14-18)22(26)24-16(2)17-6-4-3-5-7-17/h3-14,16,25H,1-2H3,(H,24,26). The molecule has 0 heterocycles. The molecule has 0 aliphatic heterocycles. The summed E-state index contributed by atoms with van der Waals surface area (Å²) in [6.45, 7) is 3.75. The van der Waals surface area contributed by atoms with E-state index in [0.29, 0.717) is 0 Å². The van der Waals surface area contributed by atoms with Crippen molar-refractivity contribution in [1.82, 2.24) is 5.32 Å². The van der Waals surface area contributed by atoms with Crippen LogP contribution in [0.15, 0.2) is 77.7 Å². The largest absolute Gasteiger partial charge is 0.345 e. The first kappa shape index (κ1) is 20.9. The first-order valence-electron chi connectivity index (χ1n) is 9.01. The Morgan fingerprint density at radius 3 is 2.28 bits per heavy atom. The number of halogens is 1. The fraction of sp³-hybridized carbons (Fsp3) is 0.136. The highest BCUT2D eigenvalue weighted by molar-refractivity contribution is 7.92. The number of sulfonamides is 1. The van der Waals surface area contributed by atoms with Gasteiger partial charge in [0.1, 0.15) is 0 Å². The lowest BCUT2D eigenvalue weighted by molar-refractivity contribution is 0.0940. The van der Waals surface area contributed by atoms with Crippen LogP contribution in [0, 0.1) is 6.92 Å². The molecule has 1 unspecified atom stereocenters. The number of carbonyl (C=O) groups excluding carboxylic acids is 1. The van der Waals surface area contributed by atoms with Crippen molar-refractivity contribution >= 4 is 33.2 Å². The highest BCUT2D eigenvalue weighted by Gasteiger charge is 2.18. The summed E-state index contributed by atoms with van der Waals surface area (Å²) in [6, 6.07) is 20.2. The molecule has 0 aliphatic carbocycles. The summed E-state index contributed by atoms with van der Waals surface area (Å²) in [5.74, 6) is -0.386. The molecule has 0 spiro atoms. The molecule has 3 rings (SSSR count). The second-order valence-corrected chi connectivity index (χ2v) is 8.81. The minimum atomic E-state index is -3.78. The van der Waals surface area contributed by atoms with Crippen LogP contribution in [0.2, 0.25) is 5.02 Å². The van der Waals surface area contributed by atoms with E-state index in [1.54, 1.807) is 12.1 Å². The van der Waals surface area contributed by atoms with Gasteiger partial charge in [0.25, 0.3) is 15.9 Å². The fourth-order valence-electron chi connectivity index (χ4n) is 2.79. The zero-order chi connectivity index (χ0) is 21.0. The average Bonchev–Trinajstić information content (AvgIpc) is 2.70. The molecule has 5 nitrogen and oxygen atoms in total. The van der Waals surface area contributed by atoms with E-state index in [2.05, 4.69) is 10.0 Å². The summed E-state index contributed by atoms with van der Waals surface area (Å²) in [7, 11) is -3.78. The van der Waals surface area contributed by atoms with Crippen LogP contribution in [0.25, 0.3) is 0 Å². The Hall–Kier alpha value is -2.83. The molecule has 1 amide bonds. The molecule has 0 fully saturated rings. The minimum Gasteiger partial charge on any atom is -0.345 e. The summed E-state index contributed by atoms with van der Waals surface area (Å²) in [5, 5.41) is 3.12. The number of rotatable bonds is 6. The van der Waals surface area contributed by atoms with Crippen molar-refractivity contribution in [2.45, 2.75) is 24.8 Å². The van der Waals surface area contributed by atoms with Crippen LogP contribution in [-0.4, -0.2) is 14.3 Å². The highest BCUT2D eigenvalue weighted by Crippen LogP contribution is 2.24. The molecule has 2 N–H and O–H groups in total. The predicted octanol–water partition coefficient (Wildman–Crippen LogP) is 4.94. The maximum atomic E-state index is 12.7. The Morgan fingerprint density at radius 1 is 0.966 bits per heavy atom. The maximum absolute atomic E-state index is 12.7. The fourth-order valence-corrected chi connectivity index (χ4v) is 4.05. The van der Waals surface area contributed by atoms with Gasteiger partial charge in [-0.3, -0.25) is 9.52 Å². The van der Waals surface area contributed by atoms with E-state index < -0.39 is 10.0 Å². The van der Waals surface area contributed by atoms with Crippen molar-refractivity contribution in [2.75, 3.05) is 4.72 Å². The number of nitrogens with one attached hydrogen (secondary N) is 2. The van der Waals surface area contributed by atoms with Crippen LogP contribution in [0.3, 0.4) is 0 Å². The molecule has 29 heavy (non-hydrogen) atoms. The van der Waals surface area contributed by atoms with Gasteiger partial charge in [0.05, 0.1) is 21.5 Å². The second kappa shape index (κ2) is 8.68. The monoisotopic (exact) mass is 428 g/mol. The van der Waals surface area contributed by atoms with Gasteiger partial charge in [-0.2, -0.15) is 0 Å². The summed E-state index contributed by atoms with van der Waals surface area (Å²) < 4.78 is 27.7. The summed E-state index contributed by atoms with van der Waals surface area (Å²) in [6.07, 6.45) is 0. The van der Waals surface area contributed by atoms with E-state index in [4.69, 9.17) is 11.6 Å². The van der Waals surface area contributed by atoms with E-state index in [1.165, 1.54) is 30.3 Å². The van der Waals surface area contributed by atoms with Gasteiger partial charge in [-0.25, -0.2) is 8.42 Å². The van der Waals surface area contributed by atoms with Crippen molar-refractivity contribution < 1.29 is 13.2 Å². The molecule has 0 radical (unpaired) electrons. The number of carbonyl (C=O) groups is 1. The Bertz CT molecular complexity index is 1110. The van der Waals surface area contributed by atoms with E-state index in [0.717, 1.165) is 11.1 Å². The van der Waals surface area contributed by atoms with Crippen molar-refractivity contribution in [3.8, 4) is 0 Å². The quantitative estimate of drug-likeness (QED) is 0.583. The molecule has 3 aromatic rings. The molecular formula is C22H21ClN2O3S. The lowest BCUT2D eigenvalue weighted by atomic mass is 10.1. The zero-order valence-corrected chi connectivity index (χ0v) is 17.6. The van der Waals surface area contributed by atoms with Crippen molar-refractivity contribution in [3.05, 3.63) is 94.5 Å².